The Morgan fingerprint density at radius 2 is 1.97 bits per heavy atom. The average Bonchev–Trinajstić information content (AvgIpc) is 3.51. The summed E-state index contributed by atoms with van der Waals surface area (Å²) in [6, 6.07) is 7.99. The van der Waals surface area contributed by atoms with Crippen molar-refractivity contribution < 1.29 is 27.3 Å². The molecule has 3 heterocycles. The van der Waals surface area contributed by atoms with Crippen LogP contribution in [0, 0.1) is 24.0 Å². The largest absolute Gasteiger partial charge is 0.454 e. The van der Waals surface area contributed by atoms with Crippen molar-refractivity contribution >= 4 is 17.3 Å². The summed E-state index contributed by atoms with van der Waals surface area (Å²) in [6.07, 6.45) is -2.09. The third-order valence-electron chi connectivity index (χ3n) is 5.24. The van der Waals surface area contributed by atoms with Crippen LogP contribution < -0.4 is 5.32 Å². The number of aromatic nitrogens is 4. The minimum atomic E-state index is -4.45. The highest BCUT2D eigenvalue weighted by atomic mass is 19.4. The van der Waals surface area contributed by atoms with Gasteiger partial charge in [-0.3, -0.25) is 24.3 Å². The molecular formula is C22H19F3N6O4. The SMILES string of the molecule is Cc1nn(Cc2cccc(C(F)(F)F)c2)c(C)c1NC(=O)c1ccc(Cn2cc([N+](=O)[O-])cn2)o1. The van der Waals surface area contributed by atoms with Crippen LogP contribution in [0.5, 0.6) is 0 Å². The van der Waals surface area contributed by atoms with Gasteiger partial charge in [0.1, 0.15) is 18.2 Å². The van der Waals surface area contributed by atoms with Crippen LogP contribution in [0.4, 0.5) is 24.5 Å². The van der Waals surface area contributed by atoms with Crippen LogP contribution in [0.3, 0.4) is 0 Å². The third-order valence-corrected chi connectivity index (χ3v) is 5.24. The topological polar surface area (TPSA) is 121 Å². The minimum absolute atomic E-state index is 0.00563. The number of nitro groups is 1. The smallest absolute Gasteiger partial charge is 0.416 e. The third kappa shape index (κ3) is 5.23. The predicted molar refractivity (Wildman–Crippen MR) is 117 cm³/mol. The zero-order chi connectivity index (χ0) is 25.3. The van der Waals surface area contributed by atoms with Gasteiger partial charge in [0.15, 0.2) is 5.76 Å². The van der Waals surface area contributed by atoms with Gasteiger partial charge < -0.3 is 9.73 Å². The molecule has 0 aliphatic heterocycles. The molecule has 0 fully saturated rings. The normalized spacial score (nSPS) is 11.6. The first-order valence-electron chi connectivity index (χ1n) is 10.3. The van der Waals surface area contributed by atoms with Gasteiger partial charge >= 0.3 is 11.9 Å². The Morgan fingerprint density at radius 1 is 1.20 bits per heavy atom. The number of benzene rings is 1. The summed E-state index contributed by atoms with van der Waals surface area (Å²) in [7, 11) is 0. The van der Waals surface area contributed by atoms with Gasteiger partial charge in [0.25, 0.3) is 5.91 Å². The molecular weight excluding hydrogens is 469 g/mol. The van der Waals surface area contributed by atoms with E-state index in [0.717, 1.165) is 18.3 Å². The van der Waals surface area contributed by atoms with Gasteiger partial charge in [-0.1, -0.05) is 12.1 Å². The Labute approximate surface area is 196 Å². The van der Waals surface area contributed by atoms with Crippen molar-refractivity contribution in [3.05, 3.63) is 92.9 Å². The van der Waals surface area contributed by atoms with Crippen molar-refractivity contribution in [2.24, 2.45) is 0 Å². The van der Waals surface area contributed by atoms with Crippen molar-refractivity contribution in [1.82, 2.24) is 19.6 Å². The van der Waals surface area contributed by atoms with Crippen molar-refractivity contribution in [2.75, 3.05) is 5.32 Å². The van der Waals surface area contributed by atoms with Gasteiger partial charge in [-0.2, -0.15) is 23.4 Å². The lowest BCUT2D eigenvalue weighted by molar-refractivity contribution is -0.385. The molecule has 0 aliphatic carbocycles. The van der Waals surface area contributed by atoms with E-state index in [1.807, 2.05) is 0 Å². The summed E-state index contributed by atoms with van der Waals surface area (Å²) in [5.41, 5.74) is 0.967. The van der Waals surface area contributed by atoms with E-state index < -0.39 is 22.6 Å². The highest BCUT2D eigenvalue weighted by Gasteiger charge is 2.30. The van der Waals surface area contributed by atoms with Crippen molar-refractivity contribution in [3.63, 3.8) is 0 Å². The zero-order valence-corrected chi connectivity index (χ0v) is 18.5. The Kier molecular flexibility index (Phi) is 6.16. The molecule has 0 aliphatic rings. The second-order valence-corrected chi connectivity index (χ2v) is 7.77. The molecule has 0 spiro atoms. The molecule has 0 atom stereocenters. The number of carbonyl (C=O) groups excluding carboxylic acids is 1. The van der Waals surface area contributed by atoms with E-state index in [2.05, 4.69) is 15.5 Å². The Hall–Kier alpha value is -4.42. The molecule has 13 heteroatoms. The van der Waals surface area contributed by atoms with E-state index in [1.54, 1.807) is 26.0 Å². The number of aryl methyl sites for hydroxylation is 1. The summed E-state index contributed by atoms with van der Waals surface area (Å²) in [4.78, 5) is 22.9. The van der Waals surface area contributed by atoms with Crippen LogP contribution in [-0.2, 0) is 19.3 Å². The van der Waals surface area contributed by atoms with E-state index in [4.69, 9.17) is 4.42 Å². The van der Waals surface area contributed by atoms with Crippen LogP contribution in [0.1, 0.15) is 38.8 Å². The highest BCUT2D eigenvalue weighted by Crippen LogP contribution is 2.30. The predicted octanol–water partition coefficient (Wildman–Crippen LogP) is 4.57. The van der Waals surface area contributed by atoms with E-state index in [-0.39, 0.29) is 24.5 Å². The van der Waals surface area contributed by atoms with Gasteiger partial charge in [-0.25, -0.2) is 0 Å². The first kappa shape index (κ1) is 23.7. The van der Waals surface area contributed by atoms with E-state index in [0.29, 0.717) is 28.4 Å². The molecule has 1 N–H and O–H groups in total. The fourth-order valence-electron chi connectivity index (χ4n) is 3.50. The van der Waals surface area contributed by atoms with E-state index in [9.17, 15) is 28.1 Å². The maximum atomic E-state index is 13.0. The Morgan fingerprint density at radius 3 is 2.66 bits per heavy atom. The van der Waals surface area contributed by atoms with Crippen LogP contribution in [0.15, 0.2) is 53.2 Å². The number of hydrogen-bond donors (Lipinski definition) is 1. The van der Waals surface area contributed by atoms with Gasteiger partial charge in [0.2, 0.25) is 0 Å². The summed E-state index contributed by atoms with van der Waals surface area (Å²) in [5, 5.41) is 21.7. The highest BCUT2D eigenvalue weighted by molar-refractivity contribution is 6.02. The minimum Gasteiger partial charge on any atom is -0.454 e. The van der Waals surface area contributed by atoms with Crippen molar-refractivity contribution in [1.29, 1.82) is 0 Å². The van der Waals surface area contributed by atoms with E-state index >= 15 is 0 Å². The van der Waals surface area contributed by atoms with E-state index in [1.165, 1.54) is 27.7 Å². The number of amides is 1. The first-order valence-corrected chi connectivity index (χ1v) is 10.3. The maximum absolute atomic E-state index is 13.0. The Balaban J connectivity index is 1.46. The summed E-state index contributed by atoms with van der Waals surface area (Å²) >= 11 is 0. The average molecular weight is 488 g/mol. The molecule has 0 saturated carbocycles. The lowest BCUT2D eigenvalue weighted by Crippen LogP contribution is -2.13. The number of anilines is 1. The number of furan rings is 1. The number of nitrogens with one attached hydrogen (secondary N) is 1. The number of hydrogen-bond acceptors (Lipinski definition) is 6. The number of halogens is 3. The summed E-state index contributed by atoms with van der Waals surface area (Å²) < 4.78 is 47.4. The molecule has 10 nitrogen and oxygen atoms in total. The van der Waals surface area contributed by atoms with Gasteiger partial charge in [0, 0.05) is 0 Å². The quantitative estimate of drug-likeness (QED) is 0.301. The number of nitrogens with zero attached hydrogens (tertiary/aromatic N) is 5. The second kappa shape index (κ2) is 9.08. The number of carbonyl (C=O) groups is 1. The fourth-order valence-corrected chi connectivity index (χ4v) is 3.50. The molecule has 4 rings (SSSR count). The van der Waals surface area contributed by atoms with Crippen molar-refractivity contribution in [2.45, 2.75) is 33.1 Å². The lowest BCUT2D eigenvalue weighted by atomic mass is 10.1. The molecule has 35 heavy (non-hydrogen) atoms. The second-order valence-electron chi connectivity index (χ2n) is 7.77. The van der Waals surface area contributed by atoms with Crippen molar-refractivity contribution in [3.8, 4) is 0 Å². The summed E-state index contributed by atoms with van der Waals surface area (Å²) in [5.74, 6) is -0.180. The fraction of sp³-hybridized carbons (Fsp3) is 0.227. The Bertz CT molecular complexity index is 1400. The van der Waals surface area contributed by atoms with Gasteiger partial charge in [-0.15, -0.1) is 0 Å². The maximum Gasteiger partial charge on any atom is 0.416 e. The number of alkyl halides is 3. The number of rotatable bonds is 7. The van der Waals surface area contributed by atoms with Gasteiger partial charge in [0.05, 0.1) is 40.7 Å². The van der Waals surface area contributed by atoms with Gasteiger partial charge in [-0.05, 0) is 43.7 Å². The molecule has 1 amide bonds. The molecule has 3 aromatic heterocycles. The van der Waals surface area contributed by atoms with Crippen LogP contribution >= 0.6 is 0 Å². The standard InChI is InChI=1S/C22H19F3N6O4/c1-13-20(14(2)30(28-13)10-15-4-3-5-16(8-15)22(23,24)25)27-21(32)19-7-6-18(35-19)12-29-11-17(9-26-29)31(33)34/h3-9,11H,10,12H2,1-2H3,(H,27,32). The molecule has 0 unspecified atom stereocenters. The zero-order valence-electron chi connectivity index (χ0n) is 18.5. The molecule has 182 valence electrons. The molecule has 0 radical (unpaired) electrons. The summed E-state index contributed by atoms with van der Waals surface area (Å²) in [6.45, 7) is 3.55. The molecule has 0 saturated heterocycles. The monoisotopic (exact) mass is 488 g/mol. The van der Waals surface area contributed by atoms with Crippen LogP contribution in [0.2, 0.25) is 0 Å². The molecule has 1 aromatic carbocycles. The molecule has 4 aromatic rings. The van der Waals surface area contributed by atoms with Crippen LogP contribution in [0.25, 0.3) is 0 Å². The lowest BCUT2D eigenvalue weighted by Gasteiger charge is -2.10. The molecule has 0 bridgehead atoms. The first-order chi connectivity index (χ1) is 16.5. The van der Waals surface area contributed by atoms with Crippen LogP contribution in [-0.4, -0.2) is 30.4 Å².